The molecule has 0 saturated carbocycles. The number of hydrogen-bond donors (Lipinski definition) is 2. The Hall–Kier alpha value is -3.35. The fourth-order valence-corrected chi connectivity index (χ4v) is 2.74. The van der Waals surface area contributed by atoms with Crippen molar-refractivity contribution in [2.75, 3.05) is 14.2 Å². The maximum Gasteiger partial charge on any atom is 0.269 e. The highest BCUT2D eigenvalue weighted by Crippen LogP contribution is 2.28. The molecule has 1 amide bonds. The van der Waals surface area contributed by atoms with Gasteiger partial charge in [-0.2, -0.15) is 5.10 Å². The summed E-state index contributed by atoms with van der Waals surface area (Å²) in [6, 6.07) is 13.2. The predicted octanol–water partition coefficient (Wildman–Crippen LogP) is 3.72. The van der Waals surface area contributed by atoms with Gasteiger partial charge in [0.25, 0.3) is 5.91 Å². The van der Waals surface area contributed by atoms with E-state index in [0.29, 0.717) is 22.7 Å². The molecule has 3 rings (SSSR count). The molecule has 1 heterocycles. The van der Waals surface area contributed by atoms with Gasteiger partial charge in [-0.25, -0.2) is 4.39 Å². The predicted molar refractivity (Wildman–Crippen MR) is 99.4 cm³/mol. The van der Waals surface area contributed by atoms with Crippen molar-refractivity contribution >= 4 is 5.91 Å². The number of carbonyl (C=O) groups is 1. The number of rotatable bonds is 6. The lowest BCUT2D eigenvalue weighted by molar-refractivity contribution is 0.0934. The van der Waals surface area contributed by atoms with Gasteiger partial charge in [0, 0.05) is 5.56 Å². The molecule has 3 aromatic rings. The lowest BCUT2D eigenvalue weighted by Crippen LogP contribution is -2.27. The molecule has 0 unspecified atom stereocenters. The highest BCUT2D eigenvalue weighted by atomic mass is 19.1. The van der Waals surface area contributed by atoms with E-state index in [1.54, 1.807) is 26.2 Å². The molecule has 0 radical (unpaired) electrons. The number of carbonyl (C=O) groups excluding carboxylic acids is 1. The van der Waals surface area contributed by atoms with Gasteiger partial charge in [0.05, 0.1) is 26.0 Å². The molecule has 0 spiro atoms. The van der Waals surface area contributed by atoms with Gasteiger partial charge in [-0.05, 0) is 42.8 Å². The van der Waals surface area contributed by atoms with E-state index < -0.39 is 11.9 Å². The van der Waals surface area contributed by atoms with Gasteiger partial charge in [0.15, 0.2) is 11.6 Å². The summed E-state index contributed by atoms with van der Waals surface area (Å²) in [6.07, 6.45) is 0. The van der Waals surface area contributed by atoms with Crippen LogP contribution in [-0.2, 0) is 0 Å². The standard InChI is InChI=1S/C20H20FN3O3/c1-12(13-8-9-19(27-3)15(21)10-13)22-20(25)17-11-16(23-24-17)14-6-4-5-7-18(14)26-2/h4-12H,1-3H3,(H,22,25)(H,23,24)/t12-/m0/s1. The summed E-state index contributed by atoms with van der Waals surface area (Å²) >= 11 is 0. The molecule has 0 bridgehead atoms. The van der Waals surface area contributed by atoms with Gasteiger partial charge in [-0.15, -0.1) is 0 Å². The Kier molecular flexibility index (Phi) is 5.40. The molecule has 1 aromatic heterocycles. The molecule has 0 aliphatic carbocycles. The smallest absolute Gasteiger partial charge is 0.269 e. The second kappa shape index (κ2) is 7.90. The van der Waals surface area contributed by atoms with E-state index in [9.17, 15) is 9.18 Å². The van der Waals surface area contributed by atoms with Crippen molar-refractivity contribution in [2.24, 2.45) is 0 Å². The number of halogens is 1. The first kappa shape index (κ1) is 18.4. The molecule has 2 aromatic carbocycles. The van der Waals surface area contributed by atoms with Crippen molar-refractivity contribution in [3.05, 3.63) is 65.6 Å². The van der Waals surface area contributed by atoms with Gasteiger partial charge in [-0.3, -0.25) is 9.89 Å². The molecule has 27 heavy (non-hydrogen) atoms. The maximum absolute atomic E-state index is 13.9. The summed E-state index contributed by atoms with van der Waals surface area (Å²) in [7, 11) is 2.98. The van der Waals surface area contributed by atoms with Crippen molar-refractivity contribution < 1.29 is 18.7 Å². The third-order valence-corrected chi connectivity index (χ3v) is 4.23. The second-order valence-corrected chi connectivity index (χ2v) is 5.96. The second-order valence-electron chi connectivity index (χ2n) is 5.96. The zero-order valence-electron chi connectivity index (χ0n) is 15.2. The molecule has 1 atom stereocenters. The van der Waals surface area contributed by atoms with E-state index >= 15 is 0 Å². The van der Waals surface area contributed by atoms with Crippen LogP contribution in [0.5, 0.6) is 11.5 Å². The summed E-state index contributed by atoms with van der Waals surface area (Å²) in [5.41, 5.74) is 2.31. The van der Waals surface area contributed by atoms with Crippen molar-refractivity contribution in [1.82, 2.24) is 15.5 Å². The van der Waals surface area contributed by atoms with E-state index in [1.807, 2.05) is 24.3 Å². The number of nitrogens with zero attached hydrogens (tertiary/aromatic N) is 1. The fourth-order valence-electron chi connectivity index (χ4n) is 2.74. The molecule has 0 aliphatic rings. The topological polar surface area (TPSA) is 76.2 Å². The Bertz CT molecular complexity index is 955. The number of hydrogen-bond acceptors (Lipinski definition) is 4. The number of para-hydroxylation sites is 1. The van der Waals surface area contributed by atoms with E-state index in [-0.39, 0.29) is 11.7 Å². The summed E-state index contributed by atoms with van der Waals surface area (Å²) in [5, 5.41) is 9.74. The Morgan fingerprint density at radius 1 is 1.11 bits per heavy atom. The van der Waals surface area contributed by atoms with Gasteiger partial charge in [0.2, 0.25) is 0 Å². The zero-order chi connectivity index (χ0) is 19.4. The van der Waals surface area contributed by atoms with Crippen molar-refractivity contribution in [3.63, 3.8) is 0 Å². The van der Waals surface area contributed by atoms with E-state index in [0.717, 1.165) is 5.56 Å². The first-order chi connectivity index (χ1) is 13.0. The first-order valence-corrected chi connectivity index (χ1v) is 8.36. The van der Waals surface area contributed by atoms with E-state index in [1.165, 1.54) is 19.2 Å². The lowest BCUT2D eigenvalue weighted by Gasteiger charge is -2.14. The number of aromatic nitrogens is 2. The van der Waals surface area contributed by atoms with Crippen LogP contribution < -0.4 is 14.8 Å². The van der Waals surface area contributed by atoms with Crippen molar-refractivity contribution in [2.45, 2.75) is 13.0 Å². The third-order valence-electron chi connectivity index (χ3n) is 4.23. The van der Waals surface area contributed by atoms with E-state index in [2.05, 4.69) is 15.5 Å². The van der Waals surface area contributed by atoms with Crippen LogP contribution in [0.3, 0.4) is 0 Å². The molecule has 0 saturated heterocycles. The van der Waals surface area contributed by atoms with Crippen LogP contribution in [0.4, 0.5) is 4.39 Å². The average Bonchev–Trinajstić information content (AvgIpc) is 3.18. The number of amides is 1. The SMILES string of the molecule is COc1ccc([C@H](C)NC(=O)c2cc(-c3ccccc3OC)n[nH]2)cc1F. The fraction of sp³-hybridized carbons (Fsp3) is 0.200. The number of methoxy groups -OCH3 is 2. The van der Waals surface area contributed by atoms with Gasteiger partial charge in [0.1, 0.15) is 11.4 Å². The Labute approximate surface area is 156 Å². The quantitative estimate of drug-likeness (QED) is 0.694. The number of ether oxygens (including phenoxy) is 2. The summed E-state index contributed by atoms with van der Waals surface area (Å²) < 4.78 is 24.1. The Morgan fingerprint density at radius 3 is 2.56 bits per heavy atom. The van der Waals surface area contributed by atoms with Crippen molar-refractivity contribution in [1.29, 1.82) is 0 Å². The lowest BCUT2D eigenvalue weighted by atomic mass is 10.1. The van der Waals surface area contributed by atoms with Crippen LogP contribution in [0.25, 0.3) is 11.3 Å². The third kappa shape index (κ3) is 3.92. The zero-order valence-corrected chi connectivity index (χ0v) is 15.2. The monoisotopic (exact) mass is 369 g/mol. The molecule has 0 aliphatic heterocycles. The molecule has 6 nitrogen and oxygen atoms in total. The number of benzene rings is 2. The Balaban J connectivity index is 1.75. The minimum absolute atomic E-state index is 0.160. The highest BCUT2D eigenvalue weighted by molar-refractivity contribution is 5.93. The van der Waals surface area contributed by atoms with Crippen LogP contribution in [0, 0.1) is 5.82 Å². The van der Waals surface area contributed by atoms with Gasteiger partial charge >= 0.3 is 0 Å². The van der Waals surface area contributed by atoms with E-state index in [4.69, 9.17) is 9.47 Å². The highest BCUT2D eigenvalue weighted by Gasteiger charge is 2.17. The molecule has 7 heteroatoms. The van der Waals surface area contributed by atoms with Crippen LogP contribution >= 0.6 is 0 Å². The minimum atomic E-state index is -0.476. The number of aromatic amines is 1. The molecule has 140 valence electrons. The number of nitrogens with one attached hydrogen (secondary N) is 2. The van der Waals surface area contributed by atoms with Crippen molar-refractivity contribution in [3.8, 4) is 22.8 Å². The largest absolute Gasteiger partial charge is 0.496 e. The van der Waals surface area contributed by atoms with Crippen LogP contribution in [0.15, 0.2) is 48.5 Å². The minimum Gasteiger partial charge on any atom is -0.496 e. The summed E-state index contributed by atoms with van der Waals surface area (Å²) in [5.74, 6) is 0.00815. The molecular weight excluding hydrogens is 349 g/mol. The average molecular weight is 369 g/mol. The van der Waals surface area contributed by atoms with Crippen LogP contribution in [0.1, 0.15) is 29.0 Å². The van der Waals surface area contributed by atoms with Gasteiger partial charge < -0.3 is 14.8 Å². The van der Waals surface area contributed by atoms with Crippen LogP contribution in [-0.4, -0.2) is 30.3 Å². The maximum atomic E-state index is 13.9. The molecular formula is C20H20FN3O3. The summed E-state index contributed by atoms with van der Waals surface area (Å²) in [4.78, 5) is 12.5. The summed E-state index contributed by atoms with van der Waals surface area (Å²) in [6.45, 7) is 1.77. The van der Waals surface area contributed by atoms with Crippen LogP contribution in [0.2, 0.25) is 0 Å². The number of H-pyrrole nitrogens is 1. The molecule has 2 N–H and O–H groups in total. The Morgan fingerprint density at radius 2 is 1.85 bits per heavy atom. The normalized spacial score (nSPS) is 11.7. The molecule has 0 fully saturated rings. The first-order valence-electron chi connectivity index (χ1n) is 8.36. The van der Waals surface area contributed by atoms with Gasteiger partial charge in [-0.1, -0.05) is 18.2 Å².